The number of pyridine rings is 1. The number of primary amides is 1. The Morgan fingerprint density at radius 2 is 1.86 bits per heavy atom. The van der Waals surface area contributed by atoms with Gasteiger partial charge < -0.3 is 25.4 Å². The lowest BCUT2D eigenvalue weighted by molar-refractivity contribution is -0.384. The molecule has 0 aliphatic carbocycles. The molecular weight excluding hydrogens is 519 g/mol. The Morgan fingerprint density at radius 3 is 2.38 bits per heavy atom. The summed E-state index contributed by atoms with van der Waals surface area (Å²) in [6.45, 7) is -1.28. The average Bonchev–Trinajstić information content (AvgIpc) is 3.14. The number of hydrogen-bond donors (Lipinski definition) is 2. The smallest absolute Gasteiger partial charge is 0.422 e. The number of nitro groups is 1. The van der Waals surface area contributed by atoms with Crippen LogP contribution in [0.15, 0.2) is 42.6 Å². The number of benzene rings is 1. The molecule has 0 atom stereocenters. The van der Waals surface area contributed by atoms with Gasteiger partial charge in [-0.05, 0) is 43.9 Å². The minimum absolute atomic E-state index is 0.00623. The Hall–Kier alpha value is -4.24. The Morgan fingerprint density at radius 1 is 1.19 bits per heavy atom. The van der Waals surface area contributed by atoms with E-state index in [2.05, 4.69) is 15.0 Å². The molecule has 2 aromatic heterocycles. The molecule has 0 aliphatic heterocycles. The van der Waals surface area contributed by atoms with Gasteiger partial charge in [0.05, 0.1) is 16.7 Å². The molecule has 0 unspecified atom stereocenters. The summed E-state index contributed by atoms with van der Waals surface area (Å²) < 4.78 is 46.7. The first-order valence-corrected chi connectivity index (χ1v) is 11.1. The van der Waals surface area contributed by atoms with Gasteiger partial charge in [-0.25, -0.2) is 9.78 Å². The fourth-order valence-electron chi connectivity index (χ4n) is 3.15. The van der Waals surface area contributed by atoms with E-state index in [9.17, 15) is 32.9 Å². The number of alkyl halides is 3. The average molecular weight is 539 g/mol. The van der Waals surface area contributed by atoms with E-state index in [-0.39, 0.29) is 34.4 Å². The summed E-state index contributed by atoms with van der Waals surface area (Å²) in [4.78, 5) is 41.5. The largest absolute Gasteiger partial charge is 0.483 e. The summed E-state index contributed by atoms with van der Waals surface area (Å²) in [7, 11) is 3.49. The Kier molecular flexibility index (Phi) is 8.29. The lowest BCUT2D eigenvalue weighted by atomic mass is 10.0. The molecule has 0 aliphatic rings. The van der Waals surface area contributed by atoms with Crippen molar-refractivity contribution in [3.63, 3.8) is 0 Å². The fourth-order valence-corrected chi connectivity index (χ4v) is 4.32. The monoisotopic (exact) mass is 539 g/mol. The number of carbonyl (C=O) groups is 2. The van der Waals surface area contributed by atoms with E-state index in [4.69, 9.17) is 10.5 Å². The van der Waals surface area contributed by atoms with Crippen LogP contribution in [0.2, 0.25) is 0 Å². The van der Waals surface area contributed by atoms with Crippen LogP contribution >= 0.6 is 11.3 Å². The third kappa shape index (κ3) is 7.37. The van der Waals surface area contributed by atoms with E-state index in [1.807, 2.05) is 0 Å². The van der Waals surface area contributed by atoms with Crippen molar-refractivity contribution in [2.75, 3.05) is 26.0 Å². The number of rotatable bonds is 9. The van der Waals surface area contributed by atoms with E-state index < -0.39 is 29.7 Å². The first-order valence-electron chi connectivity index (χ1n) is 10.3. The maximum absolute atomic E-state index is 13.3. The minimum atomic E-state index is -4.52. The maximum Gasteiger partial charge on any atom is 0.422 e. The second kappa shape index (κ2) is 11.2. The highest BCUT2D eigenvalue weighted by Gasteiger charge is 2.29. The topological polar surface area (TPSA) is 150 Å². The molecule has 0 saturated heterocycles. The van der Waals surface area contributed by atoms with Gasteiger partial charge in [-0.2, -0.15) is 13.2 Å². The van der Waals surface area contributed by atoms with Crippen LogP contribution in [0.3, 0.4) is 0 Å². The highest BCUT2D eigenvalue weighted by molar-refractivity contribution is 7.18. The quantitative estimate of drug-likeness (QED) is 0.300. The molecule has 15 heteroatoms. The lowest BCUT2D eigenvalue weighted by Crippen LogP contribution is -2.21. The van der Waals surface area contributed by atoms with E-state index in [1.54, 1.807) is 19.0 Å². The molecule has 196 valence electrons. The van der Waals surface area contributed by atoms with Crippen LogP contribution in [0.1, 0.15) is 15.9 Å². The number of nitrogens with two attached hydrogens (primary N) is 1. The zero-order valence-corrected chi connectivity index (χ0v) is 20.2. The molecule has 11 nitrogen and oxygen atoms in total. The van der Waals surface area contributed by atoms with Gasteiger partial charge in [-0.1, -0.05) is 11.3 Å². The molecule has 0 saturated carbocycles. The SMILES string of the molecule is CN(C)Cc1c(-c2ccc([N+](=O)[O-])cc2)sc(OC(N)=O)c1C(=O)Nc1ccc(OCC(F)(F)F)cn1. The van der Waals surface area contributed by atoms with E-state index >= 15 is 0 Å². The number of halogens is 3. The number of nitrogens with zero attached hydrogens (tertiary/aromatic N) is 3. The van der Waals surface area contributed by atoms with Crippen molar-refractivity contribution in [2.24, 2.45) is 5.73 Å². The number of anilines is 1. The molecule has 37 heavy (non-hydrogen) atoms. The number of amides is 2. The van der Waals surface area contributed by atoms with Gasteiger partial charge in [0.2, 0.25) is 0 Å². The van der Waals surface area contributed by atoms with Gasteiger partial charge in [-0.15, -0.1) is 0 Å². The Labute approximate surface area is 211 Å². The molecule has 3 N–H and O–H groups in total. The van der Waals surface area contributed by atoms with Gasteiger partial charge in [0.25, 0.3) is 11.6 Å². The Balaban J connectivity index is 1.98. The van der Waals surface area contributed by atoms with Crippen LogP contribution in [0.5, 0.6) is 10.8 Å². The van der Waals surface area contributed by atoms with Crippen LogP contribution in [-0.2, 0) is 6.54 Å². The number of thiophene rings is 1. The molecule has 0 bridgehead atoms. The van der Waals surface area contributed by atoms with Gasteiger partial charge >= 0.3 is 12.3 Å². The van der Waals surface area contributed by atoms with Crippen LogP contribution in [0.4, 0.5) is 29.5 Å². The third-order valence-electron chi connectivity index (χ3n) is 4.59. The highest BCUT2D eigenvalue weighted by atomic mass is 32.1. The molecule has 3 rings (SSSR count). The van der Waals surface area contributed by atoms with Crippen LogP contribution in [0.25, 0.3) is 10.4 Å². The standard InChI is InChI=1S/C22H20F3N5O6S/c1-29(2)10-15-17(19(31)28-16-8-7-14(9-27-16)35-11-22(23,24)25)20(36-21(26)32)37-18(15)12-3-5-13(6-4-12)30(33)34/h3-9H,10-11H2,1-2H3,(H2,26,32)(H,27,28,31). The van der Waals surface area contributed by atoms with Crippen LogP contribution in [0, 0.1) is 10.1 Å². The van der Waals surface area contributed by atoms with E-state index in [1.165, 1.54) is 36.4 Å². The summed E-state index contributed by atoms with van der Waals surface area (Å²) in [5.41, 5.74) is 6.02. The van der Waals surface area contributed by atoms with Crippen LogP contribution < -0.4 is 20.5 Å². The van der Waals surface area contributed by atoms with Crippen molar-refractivity contribution in [3.05, 3.63) is 63.8 Å². The van der Waals surface area contributed by atoms with Crippen molar-refractivity contribution < 1.29 is 37.2 Å². The third-order valence-corrected chi connectivity index (χ3v) is 5.75. The molecule has 0 radical (unpaired) electrons. The molecular formula is C22H20F3N5O6S. The summed E-state index contributed by atoms with van der Waals surface area (Å²) in [6.07, 6.45) is -4.67. The molecule has 1 aromatic carbocycles. The van der Waals surface area contributed by atoms with E-state index in [0.717, 1.165) is 17.5 Å². The summed E-state index contributed by atoms with van der Waals surface area (Å²) in [5.74, 6) is -0.889. The summed E-state index contributed by atoms with van der Waals surface area (Å²) >= 11 is 0.947. The van der Waals surface area contributed by atoms with Gasteiger partial charge in [-0.3, -0.25) is 14.9 Å². The normalized spacial score (nSPS) is 11.3. The Bertz CT molecular complexity index is 1290. The fraction of sp³-hybridized carbons (Fsp3) is 0.227. The molecule has 2 amide bonds. The predicted octanol–water partition coefficient (Wildman–Crippen LogP) is 4.43. The number of nitrogens with one attached hydrogen (secondary N) is 1. The van der Waals surface area contributed by atoms with Gasteiger partial charge in [0.1, 0.15) is 11.6 Å². The highest BCUT2D eigenvalue weighted by Crippen LogP contribution is 2.43. The van der Waals surface area contributed by atoms with Crippen molar-refractivity contribution >= 4 is 34.8 Å². The molecule has 0 fully saturated rings. The molecule has 3 aromatic rings. The van der Waals surface area contributed by atoms with Gasteiger partial charge in [0.15, 0.2) is 11.7 Å². The van der Waals surface area contributed by atoms with Crippen molar-refractivity contribution in [1.82, 2.24) is 9.88 Å². The number of hydrogen-bond acceptors (Lipinski definition) is 9. The zero-order valence-electron chi connectivity index (χ0n) is 19.4. The van der Waals surface area contributed by atoms with Gasteiger partial charge in [0, 0.05) is 29.1 Å². The molecule has 2 heterocycles. The van der Waals surface area contributed by atoms with Crippen molar-refractivity contribution in [1.29, 1.82) is 0 Å². The lowest BCUT2D eigenvalue weighted by Gasteiger charge is -2.14. The number of nitro benzene ring substituents is 1. The van der Waals surface area contributed by atoms with Crippen molar-refractivity contribution in [2.45, 2.75) is 12.7 Å². The van der Waals surface area contributed by atoms with E-state index in [0.29, 0.717) is 16.0 Å². The van der Waals surface area contributed by atoms with Crippen LogP contribution in [-0.4, -0.2) is 53.7 Å². The predicted molar refractivity (Wildman–Crippen MR) is 128 cm³/mol. The summed E-state index contributed by atoms with van der Waals surface area (Å²) in [6, 6.07) is 8.05. The number of aromatic nitrogens is 1. The molecule has 0 spiro atoms. The summed E-state index contributed by atoms with van der Waals surface area (Å²) in [5, 5.41) is 13.4. The first kappa shape index (κ1) is 27.3. The zero-order chi connectivity index (χ0) is 27.3. The first-order chi connectivity index (χ1) is 17.3. The number of ether oxygens (including phenoxy) is 2. The van der Waals surface area contributed by atoms with Crippen molar-refractivity contribution in [3.8, 4) is 21.3 Å². The maximum atomic E-state index is 13.3. The number of non-ortho nitro benzene ring substituents is 1. The minimum Gasteiger partial charge on any atom is -0.483 e. The number of carbonyl (C=O) groups excluding carboxylic acids is 2. The second-order valence-corrected chi connectivity index (χ2v) is 8.76. The second-order valence-electron chi connectivity index (χ2n) is 7.77.